The van der Waals surface area contributed by atoms with Gasteiger partial charge in [-0.3, -0.25) is 0 Å². The molecule has 0 radical (unpaired) electrons. The highest BCUT2D eigenvalue weighted by Crippen LogP contribution is 2.34. The number of thioether (sulfide) groups is 1. The summed E-state index contributed by atoms with van der Waals surface area (Å²) in [5, 5.41) is 6.05. The first-order valence-electron chi connectivity index (χ1n) is 7.48. The zero-order chi connectivity index (χ0) is 15.6. The Bertz CT molecular complexity index is 794. The molecule has 4 heterocycles. The van der Waals surface area contributed by atoms with Crippen molar-refractivity contribution in [2.75, 3.05) is 29.5 Å². The molecule has 0 saturated carbocycles. The van der Waals surface area contributed by atoms with Crippen LogP contribution < -0.4 is 4.90 Å². The summed E-state index contributed by atoms with van der Waals surface area (Å²) in [6.07, 6.45) is 1.86. The van der Waals surface area contributed by atoms with E-state index in [1.165, 1.54) is 0 Å². The number of hydrogen-bond acceptors (Lipinski definition) is 7. The fourth-order valence-corrected chi connectivity index (χ4v) is 4.19. The van der Waals surface area contributed by atoms with Gasteiger partial charge in [0.25, 0.3) is 0 Å². The van der Waals surface area contributed by atoms with Gasteiger partial charge in [-0.1, -0.05) is 11.2 Å². The lowest BCUT2D eigenvalue weighted by atomic mass is 10.1. The maximum Gasteiger partial charge on any atom is 0.225 e. The molecular formula is C16H16N4OS2. The van der Waals surface area contributed by atoms with E-state index in [-0.39, 0.29) is 0 Å². The first-order chi connectivity index (χ1) is 11.3. The number of thiophene rings is 1. The minimum Gasteiger partial charge on any atom is -0.356 e. The molecule has 0 atom stereocenters. The summed E-state index contributed by atoms with van der Waals surface area (Å²) in [6, 6.07) is 6.04. The lowest BCUT2D eigenvalue weighted by Gasteiger charge is -2.26. The maximum absolute atomic E-state index is 5.43. The van der Waals surface area contributed by atoms with Crippen LogP contribution >= 0.6 is 23.1 Å². The van der Waals surface area contributed by atoms with Crippen molar-refractivity contribution in [2.45, 2.75) is 6.92 Å². The third kappa shape index (κ3) is 2.98. The van der Waals surface area contributed by atoms with Crippen LogP contribution in [0.3, 0.4) is 0 Å². The largest absolute Gasteiger partial charge is 0.356 e. The average molecular weight is 344 g/mol. The van der Waals surface area contributed by atoms with Gasteiger partial charge in [-0.05, 0) is 18.4 Å². The van der Waals surface area contributed by atoms with Gasteiger partial charge in [-0.15, -0.1) is 11.3 Å². The Kier molecular flexibility index (Phi) is 4.05. The van der Waals surface area contributed by atoms with E-state index in [1.54, 1.807) is 11.3 Å². The van der Waals surface area contributed by atoms with Crippen molar-refractivity contribution in [3.63, 3.8) is 0 Å². The zero-order valence-corrected chi connectivity index (χ0v) is 14.4. The van der Waals surface area contributed by atoms with Crippen molar-refractivity contribution in [1.29, 1.82) is 0 Å². The van der Waals surface area contributed by atoms with E-state index in [0.29, 0.717) is 5.76 Å². The zero-order valence-electron chi connectivity index (χ0n) is 12.7. The van der Waals surface area contributed by atoms with Crippen LogP contribution in [0.2, 0.25) is 0 Å². The number of hydrogen-bond donors (Lipinski definition) is 0. The summed E-state index contributed by atoms with van der Waals surface area (Å²) in [7, 11) is 0. The molecule has 5 nitrogen and oxygen atoms in total. The summed E-state index contributed by atoms with van der Waals surface area (Å²) < 4.78 is 5.43. The van der Waals surface area contributed by atoms with Crippen molar-refractivity contribution in [2.24, 2.45) is 0 Å². The second-order valence-corrected chi connectivity index (χ2v) is 7.51. The Balaban J connectivity index is 1.80. The van der Waals surface area contributed by atoms with Crippen molar-refractivity contribution >= 4 is 29.0 Å². The standard InChI is InChI=1S/C16H16N4OS2/c1-11-9-13(21-19-11)12-10-17-16(20-4-7-22-8-5-20)18-15(12)14-3-2-6-23-14/h2-3,6,9-10H,4-5,7-8H2,1H3. The summed E-state index contributed by atoms with van der Waals surface area (Å²) in [5.74, 6) is 3.77. The Morgan fingerprint density at radius 3 is 2.83 bits per heavy atom. The normalized spacial score (nSPS) is 15.1. The van der Waals surface area contributed by atoms with Gasteiger partial charge < -0.3 is 9.42 Å². The van der Waals surface area contributed by atoms with E-state index in [4.69, 9.17) is 9.51 Å². The lowest BCUT2D eigenvalue weighted by molar-refractivity contribution is 0.427. The third-order valence-electron chi connectivity index (χ3n) is 3.72. The SMILES string of the molecule is Cc1cc(-c2cnc(N3CCSCC3)nc2-c2cccs2)on1. The highest BCUT2D eigenvalue weighted by Gasteiger charge is 2.19. The van der Waals surface area contributed by atoms with E-state index in [1.807, 2.05) is 37.0 Å². The smallest absolute Gasteiger partial charge is 0.225 e. The van der Waals surface area contributed by atoms with E-state index in [0.717, 1.165) is 52.4 Å². The van der Waals surface area contributed by atoms with E-state index in [2.05, 4.69) is 26.5 Å². The minimum atomic E-state index is 0.714. The molecule has 0 aliphatic carbocycles. The van der Waals surface area contributed by atoms with Crippen LogP contribution in [0.15, 0.2) is 34.3 Å². The molecule has 3 aromatic heterocycles. The highest BCUT2D eigenvalue weighted by atomic mass is 32.2. The topological polar surface area (TPSA) is 55.1 Å². The van der Waals surface area contributed by atoms with Crippen LogP contribution in [-0.2, 0) is 0 Å². The molecule has 118 valence electrons. The highest BCUT2D eigenvalue weighted by molar-refractivity contribution is 7.99. The maximum atomic E-state index is 5.43. The average Bonchev–Trinajstić information content (AvgIpc) is 3.27. The van der Waals surface area contributed by atoms with Crippen LogP contribution in [0, 0.1) is 6.92 Å². The van der Waals surface area contributed by atoms with Gasteiger partial charge in [0.05, 0.1) is 21.8 Å². The molecule has 4 rings (SSSR count). The second kappa shape index (κ2) is 6.33. The molecule has 23 heavy (non-hydrogen) atoms. The molecule has 1 aliphatic heterocycles. The fourth-order valence-electron chi connectivity index (χ4n) is 2.56. The van der Waals surface area contributed by atoms with Gasteiger partial charge in [-0.2, -0.15) is 11.8 Å². The first-order valence-corrected chi connectivity index (χ1v) is 9.52. The monoisotopic (exact) mass is 344 g/mol. The Morgan fingerprint density at radius 2 is 2.13 bits per heavy atom. The number of anilines is 1. The predicted octanol–water partition coefficient (Wildman–Crippen LogP) is 3.72. The van der Waals surface area contributed by atoms with Crippen LogP contribution in [0.4, 0.5) is 5.95 Å². The van der Waals surface area contributed by atoms with Crippen LogP contribution in [0.25, 0.3) is 21.9 Å². The number of aryl methyl sites for hydroxylation is 1. The van der Waals surface area contributed by atoms with Gasteiger partial charge in [0.1, 0.15) is 0 Å². The molecule has 0 N–H and O–H groups in total. The van der Waals surface area contributed by atoms with Gasteiger partial charge in [-0.25, -0.2) is 9.97 Å². The van der Waals surface area contributed by atoms with Crippen LogP contribution in [0.5, 0.6) is 0 Å². The molecule has 0 spiro atoms. The van der Waals surface area contributed by atoms with Gasteiger partial charge in [0.15, 0.2) is 5.76 Å². The quantitative estimate of drug-likeness (QED) is 0.722. The third-order valence-corrected chi connectivity index (χ3v) is 5.54. The Labute approximate surface area is 142 Å². The molecule has 0 aromatic carbocycles. The van der Waals surface area contributed by atoms with E-state index >= 15 is 0 Å². The summed E-state index contributed by atoms with van der Waals surface area (Å²) >= 11 is 3.65. The van der Waals surface area contributed by atoms with Crippen molar-refractivity contribution in [3.05, 3.63) is 35.5 Å². The van der Waals surface area contributed by atoms with Crippen LogP contribution in [0.1, 0.15) is 5.69 Å². The first kappa shape index (κ1) is 14.7. The molecule has 0 amide bonds. The summed E-state index contributed by atoms with van der Waals surface area (Å²) in [4.78, 5) is 12.8. The molecule has 0 bridgehead atoms. The molecule has 1 fully saturated rings. The minimum absolute atomic E-state index is 0.714. The predicted molar refractivity (Wildman–Crippen MR) is 95.1 cm³/mol. The van der Waals surface area contributed by atoms with E-state index < -0.39 is 0 Å². The molecule has 0 unspecified atom stereocenters. The number of rotatable bonds is 3. The van der Waals surface area contributed by atoms with Crippen molar-refractivity contribution in [1.82, 2.24) is 15.1 Å². The van der Waals surface area contributed by atoms with Gasteiger partial charge in [0, 0.05) is 36.9 Å². The molecule has 3 aromatic rings. The molecule has 1 aliphatic rings. The number of nitrogens with zero attached hydrogens (tertiary/aromatic N) is 4. The lowest BCUT2D eigenvalue weighted by Crippen LogP contribution is -2.33. The van der Waals surface area contributed by atoms with Gasteiger partial charge in [0.2, 0.25) is 5.95 Å². The summed E-state index contributed by atoms with van der Waals surface area (Å²) in [6.45, 7) is 3.91. The Morgan fingerprint density at radius 1 is 1.26 bits per heavy atom. The Hall–Kier alpha value is -1.86. The molecule has 7 heteroatoms. The fraction of sp³-hybridized carbons (Fsp3) is 0.312. The van der Waals surface area contributed by atoms with Crippen molar-refractivity contribution < 1.29 is 4.52 Å². The second-order valence-electron chi connectivity index (χ2n) is 5.34. The van der Waals surface area contributed by atoms with Gasteiger partial charge >= 0.3 is 0 Å². The molecule has 1 saturated heterocycles. The van der Waals surface area contributed by atoms with E-state index in [9.17, 15) is 0 Å². The van der Waals surface area contributed by atoms with Crippen molar-refractivity contribution in [3.8, 4) is 21.9 Å². The molecular weight excluding hydrogens is 328 g/mol. The summed E-state index contributed by atoms with van der Waals surface area (Å²) in [5.41, 5.74) is 2.66. The van der Waals surface area contributed by atoms with Crippen LogP contribution in [-0.4, -0.2) is 39.7 Å². The number of aromatic nitrogens is 3.